The number of anilines is 2. The lowest BCUT2D eigenvalue weighted by Crippen LogP contribution is -2.24. The first-order valence-electron chi connectivity index (χ1n) is 6.07. The summed E-state index contributed by atoms with van der Waals surface area (Å²) in [6.45, 7) is 0.726. The molecular weight excluding hydrogens is 338 g/mol. The van der Waals surface area contributed by atoms with Crippen molar-refractivity contribution in [2.45, 2.75) is 6.54 Å². The summed E-state index contributed by atoms with van der Waals surface area (Å²) in [6, 6.07) is 7.40. The van der Waals surface area contributed by atoms with Crippen LogP contribution in [-0.2, 0) is 6.54 Å². The van der Waals surface area contributed by atoms with Gasteiger partial charge in [0.1, 0.15) is 0 Å². The van der Waals surface area contributed by atoms with Crippen LogP contribution in [0.3, 0.4) is 0 Å². The minimum Gasteiger partial charge on any atom is -0.399 e. The van der Waals surface area contributed by atoms with Gasteiger partial charge in [0, 0.05) is 34.5 Å². The standard InChI is InChI=1S/C14H16BrN3OS/c1-17-14(19)12-4-3-10(16)6-13(12)18(2)7-11-5-9(15)8-20-11/h3-6,8H,7,16H2,1-2H3,(H,17,19). The second-order valence-electron chi connectivity index (χ2n) is 4.44. The third kappa shape index (κ3) is 3.32. The predicted octanol–water partition coefficient (Wildman–Crippen LogP) is 3.09. The van der Waals surface area contributed by atoms with E-state index in [1.807, 2.05) is 23.4 Å². The number of benzene rings is 1. The van der Waals surface area contributed by atoms with Crippen molar-refractivity contribution in [3.05, 3.63) is 44.6 Å². The fourth-order valence-corrected chi connectivity index (χ4v) is 3.45. The molecule has 0 saturated heterocycles. The molecule has 20 heavy (non-hydrogen) atoms. The fraction of sp³-hybridized carbons (Fsp3) is 0.214. The molecule has 6 heteroatoms. The number of nitrogen functional groups attached to an aromatic ring is 1. The van der Waals surface area contributed by atoms with Gasteiger partial charge in [-0.05, 0) is 40.2 Å². The van der Waals surface area contributed by atoms with Crippen LogP contribution >= 0.6 is 27.3 Å². The van der Waals surface area contributed by atoms with Crippen LogP contribution in [0.25, 0.3) is 0 Å². The molecule has 0 aliphatic heterocycles. The lowest BCUT2D eigenvalue weighted by atomic mass is 10.1. The highest BCUT2D eigenvalue weighted by atomic mass is 79.9. The average Bonchev–Trinajstić information content (AvgIpc) is 2.83. The van der Waals surface area contributed by atoms with Crippen LogP contribution in [0.15, 0.2) is 34.1 Å². The monoisotopic (exact) mass is 353 g/mol. The number of nitrogens with two attached hydrogens (primary N) is 1. The van der Waals surface area contributed by atoms with Crippen molar-refractivity contribution in [2.24, 2.45) is 0 Å². The Labute approximate surface area is 130 Å². The minimum absolute atomic E-state index is 0.112. The summed E-state index contributed by atoms with van der Waals surface area (Å²) in [6.07, 6.45) is 0. The number of nitrogens with zero attached hydrogens (tertiary/aromatic N) is 1. The van der Waals surface area contributed by atoms with E-state index in [1.165, 1.54) is 4.88 Å². The van der Waals surface area contributed by atoms with Crippen LogP contribution in [0.1, 0.15) is 15.2 Å². The van der Waals surface area contributed by atoms with E-state index in [9.17, 15) is 4.79 Å². The summed E-state index contributed by atoms with van der Waals surface area (Å²) >= 11 is 5.12. The van der Waals surface area contributed by atoms with Crippen LogP contribution in [-0.4, -0.2) is 20.0 Å². The van der Waals surface area contributed by atoms with Crippen molar-refractivity contribution in [1.82, 2.24) is 5.32 Å². The first-order valence-corrected chi connectivity index (χ1v) is 7.74. The van der Waals surface area contributed by atoms with Crippen LogP contribution in [0.5, 0.6) is 0 Å². The van der Waals surface area contributed by atoms with Gasteiger partial charge in [-0.15, -0.1) is 11.3 Å². The Morgan fingerprint density at radius 3 is 2.80 bits per heavy atom. The molecule has 106 valence electrons. The maximum Gasteiger partial charge on any atom is 0.253 e. The Hall–Kier alpha value is -1.53. The second kappa shape index (κ2) is 6.28. The van der Waals surface area contributed by atoms with E-state index in [-0.39, 0.29) is 5.91 Å². The largest absolute Gasteiger partial charge is 0.399 e. The molecule has 0 radical (unpaired) electrons. The normalized spacial score (nSPS) is 10.3. The molecule has 1 aromatic heterocycles. The number of rotatable bonds is 4. The van der Waals surface area contributed by atoms with Gasteiger partial charge in [-0.1, -0.05) is 0 Å². The molecule has 1 amide bonds. The second-order valence-corrected chi connectivity index (χ2v) is 6.35. The highest BCUT2D eigenvalue weighted by Crippen LogP contribution is 2.27. The third-order valence-corrected chi connectivity index (χ3v) is 4.60. The van der Waals surface area contributed by atoms with E-state index in [1.54, 1.807) is 30.5 Å². The number of hydrogen-bond donors (Lipinski definition) is 2. The molecule has 0 aliphatic rings. The van der Waals surface area contributed by atoms with Crippen molar-refractivity contribution < 1.29 is 4.79 Å². The van der Waals surface area contributed by atoms with Gasteiger partial charge in [-0.3, -0.25) is 4.79 Å². The summed E-state index contributed by atoms with van der Waals surface area (Å²) < 4.78 is 1.07. The predicted molar refractivity (Wildman–Crippen MR) is 88.4 cm³/mol. The highest BCUT2D eigenvalue weighted by molar-refractivity contribution is 9.10. The maximum atomic E-state index is 11.9. The molecule has 0 bridgehead atoms. The minimum atomic E-state index is -0.112. The van der Waals surface area contributed by atoms with Crippen LogP contribution in [0.4, 0.5) is 11.4 Å². The smallest absolute Gasteiger partial charge is 0.253 e. The van der Waals surface area contributed by atoms with E-state index in [0.717, 1.165) is 16.7 Å². The van der Waals surface area contributed by atoms with Crippen LogP contribution in [0.2, 0.25) is 0 Å². The molecule has 1 heterocycles. The summed E-state index contributed by atoms with van der Waals surface area (Å²) in [7, 11) is 3.58. The molecule has 4 nitrogen and oxygen atoms in total. The summed E-state index contributed by atoms with van der Waals surface area (Å²) in [5.41, 5.74) is 7.94. The van der Waals surface area contributed by atoms with E-state index >= 15 is 0 Å². The topological polar surface area (TPSA) is 58.4 Å². The molecular formula is C14H16BrN3OS. The Kier molecular flexibility index (Phi) is 4.67. The van der Waals surface area contributed by atoms with E-state index in [2.05, 4.69) is 27.3 Å². The fourth-order valence-electron chi connectivity index (χ4n) is 1.95. The summed E-state index contributed by atoms with van der Waals surface area (Å²) in [5, 5.41) is 4.70. The van der Waals surface area contributed by atoms with Crippen LogP contribution < -0.4 is 16.0 Å². The number of thiophene rings is 1. The van der Waals surface area contributed by atoms with E-state index < -0.39 is 0 Å². The zero-order chi connectivity index (χ0) is 14.7. The van der Waals surface area contributed by atoms with Crippen molar-refractivity contribution in [1.29, 1.82) is 0 Å². The maximum absolute atomic E-state index is 11.9. The van der Waals surface area contributed by atoms with Gasteiger partial charge in [0.2, 0.25) is 0 Å². The number of hydrogen-bond acceptors (Lipinski definition) is 4. The van der Waals surface area contributed by atoms with Crippen molar-refractivity contribution in [3.8, 4) is 0 Å². The molecule has 0 unspecified atom stereocenters. The Morgan fingerprint density at radius 1 is 1.45 bits per heavy atom. The van der Waals surface area contributed by atoms with Crippen molar-refractivity contribution >= 4 is 44.5 Å². The molecule has 1 aromatic carbocycles. The van der Waals surface area contributed by atoms with Gasteiger partial charge in [0.15, 0.2) is 0 Å². The first-order chi connectivity index (χ1) is 9.51. The van der Waals surface area contributed by atoms with Gasteiger partial charge in [-0.2, -0.15) is 0 Å². The summed E-state index contributed by atoms with van der Waals surface area (Å²) in [4.78, 5) is 15.2. The van der Waals surface area contributed by atoms with Gasteiger partial charge in [0.05, 0.1) is 17.8 Å². The van der Waals surface area contributed by atoms with E-state index in [0.29, 0.717) is 11.3 Å². The Bertz CT molecular complexity index is 627. The van der Waals surface area contributed by atoms with Crippen molar-refractivity contribution in [3.63, 3.8) is 0 Å². The van der Waals surface area contributed by atoms with Crippen LogP contribution in [0, 0.1) is 0 Å². The zero-order valence-corrected chi connectivity index (χ0v) is 13.7. The lowest BCUT2D eigenvalue weighted by molar-refractivity contribution is 0.0963. The number of nitrogens with one attached hydrogen (secondary N) is 1. The van der Waals surface area contributed by atoms with Gasteiger partial charge in [-0.25, -0.2) is 0 Å². The Morgan fingerprint density at radius 2 is 2.20 bits per heavy atom. The quantitative estimate of drug-likeness (QED) is 0.830. The molecule has 0 fully saturated rings. The third-order valence-electron chi connectivity index (χ3n) is 2.92. The molecule has 0 saturated carbocycles. The number of amides is 1. The molecule has 2 rings (SSSR count). The first kappa shape index (κ1) is 14.9. The Balaban J connectivity index is 2.30. The van der Waals surface area contributed by atoms with Gasteiger partial charge < -0.3 is 16.0 Å². The van der Waals surface area contributed by atoms with Gasteiger partial charge >= 0.3 is 0 Å². The highest BCUT2D eigenvalue weighted by Gasteiger charge is 2.14. The molecule has 0 atom stereocenters. The number of halogens is 1. The van der Waals surface area contributed by atoms with Crippen molar-refractivity contribution in [2.75, 3.05) is 24.7 Å². The molecule has 2 aromatic rings. The van der Waals surface area contributed by atoms with Gasteiger partial charge in [0.25, 0.3) is 5.91 Å². The van der Waals surface area contributed by atoms with E-state index in [4.69, 9.17) is 5.73 Å². The SMILES string of the molecule is CNC(=O)c1ccc(N)cc1N(C)Cc1cc(Br)cs1. The summed E-state index contributed by atoms with van der Waals surface area (Å²) in [5.74, 6) is -0.112. The lowest BCUT2D eigenvalue weighted by Gasteiger charge is -2.21. The molecule has 0 aliphatic carbocycles. The number of carbonyl (C=O) groups excluding carboxylic acids is 1. The molecule has 0 spiro atoms. The molecule has 3 N–H and O–H groups in total. The zero-order valence-electron chi connectivity index (χ0n) is 11.3. The average molecular weight is 354 g/mol. The number of carbonyl (C=O) groups is 1.